The van der Waals surface area contributed by atoms with Gasteiger partial charge in [-0.1, -0.05) is 31.0 Å². The van der Waals surface area contributed by atoms with Gasteiger partial charge in [0.2, 0.25) is 17.7 Å². The molecule has 214 valence electrons. The lowest BCUT2D eigenvalue weighted by atomic mass is 10.1. The van der Waals surface area contributed by atoms with E-state index >= 15 is 0 Å². The first-order valence-corrected chi connectivity index (χ1v) is 13.9. The molecule has 1 aromatic rings. The van der Waals surface area contributed by atoms with Crippen LogP contribution in [-0.4, -0.2) is 111 Å². The molecule has 0 radical (unpaired) electrons. The minimum absolute atomic E-state index is 0.0127. The monoisotopic (exact) mass is 544 g/mol. The van der Waals surface area contributed by atoms with Gasteiger partial charge in [-0.25, -0.2) is 4.79 Å². The summed E-state index contributed by atoms with van der Waals surface area (Å²) in [6.07, 6.45) is 5.10. The van der Waals surface area contributed by atoms with Gasteiger partial charge < -0.3 is 40.5 Å². The summed E-state index contributed by atoms with van der Waals surface area (Å²) in [6, 6.07) is 8.40. The Labute approximate surface area is 229 Å². The summed E-state index contributed by atoms with van der Waals surface area (Å²) >= 11 is 0. The zero-order valence-corrected chi connectivity index (χ0v) is 22.4. The Morgan fingerprint density at radius 3 is 2.54 bits per heavy atom. The highest BCUT2D eigenvalue weighted by Crippen LogP contribution is 2.24. The Balaban J connectivity index is 1.39. The number of nitrogens with zero attached hydrogens (tertiary/aromatic N) is 2. The smallest absolute Gasteiger partial charge is 0.319 e. The van der Waals surface area contributed by atoms with Gasteiger partial charge >= 0.3 is 6.03 Å². The van der Waals surface area contributed by atoms with Gasteiger partial charge in [0, 0.05) is 44.0 Å². The Kier molecular flexibility index (Phi) is 10.9. The normalized spacial score (nSPS) is 24.1. The fourth-order valence-electron chi connectivity index (χ4n) is 5.29. The molecule has 2 atom stereocenters. The molecule has 1 saturated carbocycles. The topological polar surface area (TPSA) is 141 Å². The number of anilines is 1. The lowest BCUT2D eigenvalue weighted by Crippen LogP contribution is -2.51. The average molecular weight is 545 g/mol. The number of hydrogen-bond donors (Lipinski definition) is 4. The number of amides is 5. The summed E-state index contributed by atoms with van der Waals surface area (Å²) in [4.78, 5) is 54.8. The molecule has 2 heterocycles. The Morgan fingerprint density at radius 1 is 0.974 bits per heavy atom. The molecule has 0 spiro atoms. The second-order valence-corrected chi connectivity index (χ2v) is 10.2. The van der Waals surface area contributed by atoms with Gasteiger partial charge in [-0.3, -0.25) is 14.4 Å². The van der Waals surface area contributed by atoms with E-state index in [1.807, 2.05) is 18.2 Å². The Morgan fingerprint density at radius 2 is 1.74 bits per heavy atom. The van der Waals surface area contributed by atoms with Crippen LogP contribution in [0.15, 0.2) is 30.3 Å². The molecule has 2 saturated heterocycles. The van der Waals surface area contributed by atoms with E-state index in [4.69, 9.17) is 9.47 Å². The van der Waals surface area contributed by atoms with Crippen LogP contribution in [0.5, 0.6) is 0 Å². The van der Waals surface area contributed by atoms with Crippen molar-refractivity contribution in [2.24, 2.45) is 0 Å². The van der Waals surface area contributed by atoms with Gasteiger partial charge in [0.25, 0.3) is 0 Å². The largest absolute Gasteiger partial charge is 0.377 e. The lowest BCUT2D eigenvalue weighted by molar-refractivity contribution is -0.145. The quantitative estimate of drug-likeness (QED) is 0.404. The third-order valence-electron chi connectivity index (χ3n) is 7.27. The van der Waals surface area contributed by atoms with Gasteiger partial charge in [-0.05, 0) is 31.4 Å². The van der Waals surface area contributed by atoms with Crippen LogP contribution in [0.2, 0.25) is 0 Å². The van der Waals surface area contributed by atoms with Crippen LogP contribution in [0.4, 0.5) is 10.5 Å². The first-order valence-electron chi connectivity index (χ1n) is 13.9. The number of carbonyl (C=O) groups is 4. The van der Waals surface area contributed by atoms with Crippen LogP contribution in [0.25, 0.3) is 0 Å². The second-order valence-electron chi connectivity index (χ2n) is 10.2. The van der Waals surface area contributed by atoms with Gasteiger partial charge in [0.15, 0.2) is 0 Å². The maximum atomic E-state index is 13.5. The number of urea groups is 1. The highest BCUT2D eigenvalue weighted by Gasteiger charge is 2.40. The van der Waals surface area contributed by atoms with E-state index in [0.717, 1.165) is 12.8 Å². The fourth-order valence-corrected chi connectivity index (χ4v) is 5.29. The average Bonchev–Trinajstić information content (AvgIpc) is 3.60. The molecule has 3 aliphatic rings. The molecule has 1 aromatic carbocycles. The van der Waals surface area contributed by atoms with Crippen molar-refractivity contribution in [2.45, 2.75) is 50.2 Å². The number of benzene rings is 1. The van der Waals surface area contributed by atoms with E-state index in [1.54, 1.807) is 17.0 Å². The molecule has 4 rings (SSSR count). The predicted molar refractivity (Wildman–Crippen MR) is 144 cm³/mol. The predicted octanol–water partition coefficient (Wildman–Crippen LogP) is 0.301. The minimum Gasteiger partial charge on any atom is -0.377 e. The molecule has 4 N–H and O–H groups in total. The van der Waals surface area contributed by atoms with Crippen LogP contribution in [0.3, 0.4) is 0 Å². The number of fused-ring (bicyclic) bond motifs is 1. The number of hydrogen-bond acceptors (Lipinski definition) is 7. The zero-order chi connectivity index (χ0) is 27.5. The van der Waals surface area contributed by atoms with Crippen molar-refractivity contribution in [3.8, 4) is 0 Å². The molecule has 0 aromatic heterocycles. The first kappa shape index (κ1) is 28.8. The summed E-state index contributed by atoms with van der Waals surface area (Å²) in [7, 11) is 0. The van der Waals surface area contributed by atoms with Crippen molar-refractivity contribution in [3.63, 3.8) is 0 Å². The Hall–Kier alpha value is -3.22. The maximum absolute atomic E-state index is 13.5. The van der Waals surface area contributed by atoms with Crippen molar-refractivity contribution in [1.29, 1.82) is 0 Å². The third kappa shape index (κ3) is 8.91. The maximum Gasteiger partial charge on any atom is 0.319 e. The van der Waals surface area contributed by atoms with E-state index in [2.05, 4.69) is 21.3 Å². The molecule has 39 heavy (non-hydrogen) atoms. The third-order valence-corrected chi connectivity index (χ3v) is 7.27. The minimum atomic E-state index is -0.621. The van der Waals surface area contributed by atoms with Gasteiger partial charge in [0.1, 0.15) is 12.6 Å². The number of rotatable bonds is 6. The second kappa shape index (κ2) is 14.8. The molecule has 0 bridgehead atoms. The summed E-state index contributed by atoms with van der Waals surface area (Å²) < 4.78 is 10.9. The van der Waals surface area contributed by atoms with Gasteiger partial charge in [-0.15, -0.1) is 0 Å². The van der Waals surface area contributed by atoms with Crippen molar-refractivity contribution in [1.82, 2.24) is 25.8 Å². The summed E-state index contributed by atoms with van der Waals surface area (Å²) in [5, 5.41) is 12.0. The number of carbonyl (C=O) groups excluding carboxylic acids is 4. The van der Waals surface area contributed by atoms with Crippen LogP contribution < -0.4 is 21.3 Å². The van der Waals surface area contributed by atoms with Crippen molar-refractivity contribution >= 4 is 29.4 Å². The highest BCUT2D eigenvalue weighted by atomic mass is 16.5. The first-order chi connectivity index (χ1) is 19.0. The molecular weight excluding hydrogens is 504 g/mol. The highest BCUT2D eigenvalue weighted by molar-refractivity contribution is 5.91. The summed E-state index contributed by atoms with van der Waals surface area (Å²) in [5.41, 5.74) is 0.644. The standard InChI is InChI=1S/C27H40N6O6/c34-24-18-32(12-10-29-27(37)31-21-6-2-1-3-7-21)25(35)19-39-15-14-38-13-11-28-26(36)23-16-22(17-33(23)24)30-20-8-4-5-9-20/h1-3,6-7,20,22-23,30H,4-5,8-19H2,(H,28,36)(H2,29,31,37)/t22-,23-/m0/s1. The number of para-hydroxylation sites is 1. The molecule has 2 aliphatic heterocycles. The van der Waals surface area contributed by atoms with E-state index < -0.39 is 12.1 Å². The van der Waals surface area contributed by atoms with E-state index in [-0.39, 0.29) is 63.2 Å². The molecule has 1 aliphatic carbocycles. The Bertz CT molecular complexity index is 973. The van der Waals surface area contributed by atoms with E-state index in [0.29, 0.717) is 37.8 Å². The zero-order valence-electron chi connectivity index (χ0n) is 22.4. The number of nitrogens with one attached hydrogen (secondary N) is 4. The lowest BCUT2D eigenvalue weighted by Gasteiger charge is -2.28. The van der Waals surface area contributed by atoms with Gasteiger partial charge in [-0.2, -0.15) is 0 Å². The molecule has 12 nitrogen and oxygen atoms in total. The molecule has 3 fully saturated rings. The van der Waals surface area contributed by atoms with Crippen LogP contribution in [0.1, 0.15) is 32.1 Å². The SMILES string of the molecule is O=C(NCCN1CC(=O)N2C[C@@H](NC3CCCC3)C[C@H]2C(=O)NCCOCCOCC1=O)Nc1ccccc1. The van der Waals surface area contributed by atoms with Crippen molar-refractivity contribution in [2.75, 3.05) is 64.5 Å². The summed E-state index contributed by atoms with van der Waals surface area (Å²) in [6.45, 7) is 1.38. The van der Waals surface area contributed by atoms with Gasteiger partial charge in [0.05, 0.1) is 26.4 Å². The van der Waals surface area contributed by atoms with Crippen LogP contribution in [-0.2, 0) is 23.9 Å². The molecule has 5 amide bonds. The molecular formula is C27H40N6O6. The van der Waals surface area contributed by atoms with Crippen LogP contribution in [0, 0.1) is 0 Å². The van der Waals surface area contributed by atoms with E-state index in [1.165, 1.54) is 17.7 Å². The van der Waals surface area contributed by atoms with E-state index in [9.17, 15) is 19.2 Å². The fraction of sp³-hybridized carbons (Fsp3) is 0.630. The molecule has 12 heteroatoms. The van der Waals surface area contributed by atoms with Crippen molar-refractivity contribution in [3.05, 3.63) is 30.3 Å². The van der Waals surface area contributed by atoms with Crippen molar-refractivity contribution < 1.29 is 28.7 Å². The summed E-state index contributed by atoms with van der Waals surface area (Å²) in [5.74, 6) is -0.894. The number of ether oxygens (including phenoxy) is 2. The van der Waals surface area contributed by atoms with Crippen LogP contribution >= 0.6 is 0 Å². The molecule has 0 unspecified atom stereocenters.